The first-order valence-corrected chi connectivity index (χ1v) is 6.00. The van der Waals surface area contributed by atoms with Crippen molar-refractivity contribution in [2.75, 3.05) is 6.61 Å². The van der Waals surface area contributed by atoms with Gasteiger partial charge in [-0.1, -0.05) is 6.07 Å². The van der Waals surface area contributed by atoms with Gasteiger partial charge in [-0.15, -0.1) is 0 Å². The first kappa shape index (κ1) is 13.0. The Labute approximate surface area is 105 Å². The second kappa shape index (κ2) is 5.93. The van der Waals surface area contributed by atoms with Crippen LogP contribution in [-0.4, -0.2) is 18.8 Å². The molecule has 1 aliphatic rings. The molecule has 1 unspecified atom stereocenters. The van der Waals surface area contributed by atoms with E-state index in [2.05, 4.69) is 5.48 Å². The zero-order valence-electron chi connectivity index (χ0n) is 10.2. The van der Waals surface area contributed by atoms with Crippen LogP contribution in [-0.2, 0) is 9.57 Å². The summed E-state index contributed by atoms with van der Waals surface area (Å²) in [5.41, 5.74) is 3.02. The third kappa shape index (κ3) is 3.27. The molecule has 1 aromatic carbocycles. The van der Waals surface area contributed by atoms with Gasteiger partial charge in [0.15, 0.2) is 6.29 Å². The van der Waals surface area contributed by atoms with Gasteiger partial charge in [-0.3, -0.25) is 4.79 Å². The lowest BCUT2D eigenvalue weighted by Gasteiger charge is -2.22. The highest BCUT2D eigenvalue weighted by Gasteiger charge is 2.16. The van der Waals surface area contributed by atoms with Crippen LogP contribution in [0.5, 0.6) is 0 Å². The molecule has 0 bridgehead atoms. The number of carbonyl (C=O) groups excluding carboxylic acids is 1. The van der Waals surface area contributed by atoms with Crippen LogP contribution in [0.25, 0.3) is 0 Å². The topological polar surface area (TPSA) is 47.6 Å². The number of hydrogen-bond donors (Lipinski definition) is 1. The Morgan fingerprint density at radius 2 is 2.33 bits per heavy atom. The van der Waals surface area contributed by atoms with E-state index in [0.29, 0.717) is 12.2 Å². The van der Waals surface area contributed by atoms with Crippen molar-refractivity contribution < 1.29 is 18.8 Å². The number of rotatable bonds is 3. The van der Waals surface area contributed by atoms with E-state index >= 15 is 0 Å². The third-order valence-corrected chi connectivity index (χ3v) is 2.85. The molecule has 1 heterocycles. The van der Waals surface area contributed by atoms with E-state index in [1.54, 1.807) is 19.1 Å². The zero-order valence-corrected chi connectivity index (χ0v) is 10.2. The van der Waals surface area contributed by atoms with E-state index in [0.717, 1.165) is 19.3 Å². The molecule has 0 saturated carbocycles. The maximum Gasteiger partial charge on any atom is 0.275 e. The van der Waals surface area contributed by atoms with Gasteiger partial charge in [0, 0.05) is 18.6 Å². The predicted molar refractivity (Wildman–Crippen MR) is 63.3 cm³/mol. The van der Waals surface area contributed by atoms with E-state index in [9.17, 15) is 9.18 Å². The van der Waals surface area contributed by atoms with Gasteiger partial charge >= 0.3 is 0 Å². The fourth-order valence-electron chi connectivity index (χ4n) is 1.72. The largest absolute Gasteiger partial charge is 0.350 e. The minimum Gasteiger partial charge on any atom is -0.350 e. The van der Waals surface area contributed by atoms with Gasteiger partial charge in [-0.2, -0.15) is 0 Å². The smallest absolute Gasteiger partial charge is 0.275 e. The van der Waals surface area contributed by atoms with E-state index in [1.165, 1.54) is 6.07 Å². The van der Waals surface area contributed by atoms with Crippen molar-refractivity contribution in [3.8, 4) is 0 Å². The van der Waals surface area contributed by atoms with Gasteiger partial charge in [-0.05, 0) is 37.5 Å². The summed E-state index contributed by atoms with van der Waals surface area (Å²) < 4.78 is 18.6. The molecule has 18 heavy (non-hydrogen) atoms. The molecule has 1 saturated heterocycles. The van der Waals surface area contributed by atoms with Crippen LogP contribution in [0.2, 0.25) is 0 Å². The van der Waals surface area contributed by atoms with Gasteiger partial charge in [0.1, 0.15) is 5.82 Å². The highest BCUT2D eigenvalue weighted by atomic mass is 19.1. The summed E-state index contributed by atoms with van der Waals surface area (Å²) in [5.74, 6) is -0.875. The van der Waals surface area contributed by atoms with Crippen LogP contribution in [0.4, 0.5) is 4.39 Å². The first-order valence-electron chi connectivity index (χ1n) is 6.00. The maximum atomic E-state index is 13.3. The SMILES string of the molecule is Cc1ccc(C(=O)NOC2CCCCO2)cc1F. The highest BCUT2D eigenvalue weighted by Crippen LogP contribution is 2.13. The number of benzene rings is 1. The van der Waals surface area contributed by atoms with Crippen LogP contribution in [0.1, 0.15) is 35.2 Å². The second-order valence-corrected chi connectivity index (χ2v) is 4.31. The summed E-state index contributed by atoms with van der Waals surface area (Å²) in [6, 6.07) is 4.30. The van der Waals surface area contributed by atoms with Crippen molar-refractivity contribution in [2.45, 2.75) is 32.5 Å². The molecule has 0 spiro atoms. The Kier molecular flexibility index (Phi) is 4.28. The zero-order chi connectivity index (χ0) is 13.0. The number of hydroxylamine groups is 1. The summed E-state index contributed by atoms with van der Waals surface area (Å²) in [4.78, 5) is 16.8. The number of halogens is 1. The number of aryl methyl sites for hydroxylation is 1. The number of ether oxygens (including phenoxy) is 1. The molecule has 98 valence electrons. The molecule has 1 amide bonds. The van der Waals surface area contributed by atoms with E-state index in [4.69, 9.17) is 9.57 Å². The summed E-state index contributed by atoms with van der Waals surface area (Å²) >= 11 is 0. The first-order chi connectivity index (χ1) is 8.66. The molecule has 5 heteroatoms. The third-order valence-electron chi connectivity index (χ3n) is 2.85. The average molecular weight is 253 g/mol. The van der Waals surface area contributed by atoms with E-state index < -0.39 is 18.0 Å². The minimum atomic E-state index is -0.469. The number of amides is 1. The van der Waals surface area contributed by atoms with Crippen LogP contribution in [0.3, 0.4) is 0 Å². The molecule has 0 aliphatic carbocycles. The lowest BCUT2D eigenvalue weighted by molar-refractivity contribution is -0.186. The Balaban J connectivity index is 1.88. The molecule has 1 atom stereocenters. The lowest BCUT2D eigenvalue weighted by Crippen LogP contribution is -2.33. The van der Waals surface area contributed by atoms with Crippen molar-refractivity contribution in [1.29, 1.82) is 0 Å². The Bertz CT molecular complexity index is 430. The average Bonchev–Trinajstić information content (AvgIpc) is 2.40. The molecule has 0 aromatic heterocycles. The standard InChI is InChI=1S/C13H16FNO3/c1-9-5-6-10(8-11(9)14)13(16)15-18-12-4-2-3-7-17-12/h5-6,8,12H,2-4,7H2,1H3,(H,15,16). The Hall–Kier alpha value is -1.46. The quantitative estimate of drug-likeness (QED) is 0.841. The van der Waals surface area contributed by atoms with Gasteiger partial charge < -0.3 is 4.74 Å². The van der Waals surface area contributed by atoms with E-state index in [-0.39, 0.29) is 5.56 Å². The Morgan fingerprint density at radius 3 is 3.00 bits per heavy atom. The van der Waals surface area contributed by atoms with Gasteiger partial charge in [0.05, 0.1) is 0 Å². The molecular formula is C13H16FNO3. The lowest BCUT2D eigenvalue weighted by atomic mass is 10.1. The maximum absolute atomic E-state index is 13.3. The summed E-state index contributed by atoms with van der Waals surface area (Å²) in [7, 11) is 0. The molecule has 1 fully saturated rings. The fraction of sp³-hybridized carbons (Fsp3) is 0.462. The van der Waals surface area contributed by atoms with Crippen LogP contribution in [0.15, 0.2) is 18.2 Å². The summed E-state index contributed by atoms with van der Waals surface area (Å²) in [6.07, 6.45) is 2.37. The molecule has 1 aromatic rings. The summed E-state index contributed by atoms with van der Waals surface area (Å²) in [6.45, 7) is 2.28. The minimum absolute atomic E-state index is 0.230. The normalized spacial score (nSPS) is 19.6. The van der Waals surface area contributed by atoms with Crippen molar-refractivity contribution in [3.63, 3.8) is 0 Å². The highest BCUT2D eigenvalue weighted by molar-refractivity contribution is 5.93. The molecular weight excluding hydrogens is 237 g/mol. The van der Waals surface area contributed by atoms with Crippen molar-refractivity contribution in [2.24, 2.45) is 0 Å². The van der Waals surface area contributed by atoms with Crippen molar-refractivity contribution in [3.05, 3.63) is 35.1 Å². The number of hydrogen-bond acceptors (Lipinski definition) is 3. The number of carbonyl (C=O) groups is 1. The Morgan fingerprint density at radius 1 is 1.50 bits per heavy atom. The molecule has 4 nitrogen and oxygen atoms in total. The van der Waals surface area contributed by atoms with Crippen molar-refractivity contribution >= 4 is 5.91 Å². The van der Waals surface area contributed by atoms with Gasteiger partial charge in [0.25, 0.3) is 5.91 Å². The second-order valence-electron chi connectivity index (χ2n) is 4.31. The fourth-order valence-corrected chi connectivity index (χ4v) is 1.72. The monoisotopic (exact) mass is 253 g/mol. The molecule has 2 rings (SSSR count). The van der Waals surface area contributed by atoms with Crippen LogP contribution < -0.4 is 5.48 Å². The van der Waals surface area contributed by atoms with Crippen LogP contribution >= 0.6 is 0 Å². The van der Waals surface area contributed by atoms with E-state index in [1.807, 2.05) is 0 Å². The molecule has 1 N–H and O–H groups in total. The van der Waals surface area contributed by atoms with Gasteiger partial charge in [-0.25, -0.2) is 14.7 Å². The van der Waals surface area contributed by atoms with Gasteiger partial charge in [0.2, 0.25) is 0 Å². The molecule has 0 radical (unpaired) electrons. The van der Waals surface area contributed by atoms with Crippen LogP contribution in [0, 0.1) is 12.7 Å². The summed E-state index contributed by atoms with van der Waals surface area (Å²) in [5, 5.41) is 0. The number of nitrogens with one attached hydrogen (secondary N) is 1. The molecule has 1 aliphatic heterocycles. The predicted octanol–water partition coefficient (Wildman–Crippen LogP) is 2.32. The van der Waals surface area contributed by atoms with Crippen molar-refractivity contribution in [1.82, 2.24) is 5.48 Å².